The van der Waals surface area contributed by atoms with Crippen LogP contribution in [-0.4, -0.2) is 33.4 Å². The molecule has 1 atom stereocenters. The highest BCUT2D eigenvalue weighted by atomic mass is 35.5. The van der Waals surface area contributed by atoms with E-state index in [-0.39, 0.29) is 34.5 Å². The van der Waals surface area contributed by atoms with Gasteiger partial charge in [-0.05, 0) is 37.3 Å². The maximum Gasteiger partial charge on any atom is 0.338 e. The molecule has 1 unspecified atom stereocenters. The summed E-state index contributed by atoms with van der Waals surface area (Å²) >= 11 is 6.07. The number of hydrogen-bond donors (Lipinski definition) is 1. The molecule has 1 aliphatic rings. The zero-order valence-corrected chi connectivity index (χ0v) is 16.9. The first-order valence-corrected chi connectivity index (χ1v) is 10.5. The van der Waals surface area contributed by atoms with Gasteiger partial charge in [0.25, 0.3) is 10.0 Å². The Hall–Kier alpha value is -2.58. The van der Waals surface area contributed by atoms with Crippen LogP contribution in [0.2, 0.25) is 5.02 Å². The second-order valence-corrected chi connectivity index (χ2v) is 8.64. The van der Waals surface area contributed by atoms with Crippen molar-refractivity contribution in [2.75, 3.05) is 22.8 Å². The summed E-state index contributed by atoms with van der Waals surface area (Å²) in [7, 11) is -4.10. The van der Waals surface area contributed by atoms with Crippen LogP contribution in [0.5, 0.6) is 0 Å². The number of hydrogen-bond acceptors (Lipinski definition) is 5. The summed E-state index contributed by atoms with van der Waals surface area (Å²) in [5.41, 5.74) is 0.782. The minimum atomic E-state index is -4.10. The lowest BCUT2D eigenvalue weighted by Gasteiger charge is -2.25. The predicted octanol–water partition coefficient (Wildman–Crippen LogP) is 3.30. The van der Waals surface area contributed by atoms with Gasteiger partial charge in [-0.2, -0.15) is 0 Å². The van der Waals surface area contributed by atoms with E-state index in [4.69, 9.17) is 16.3 Å². The van der Waals surface area contributed by atoms with E-state index in [9.17, 15) is 18.0 Å². The first kappa shape index (κ1) is 20.2. The summed E-state index contributed by atoms with van der Waals surface area (Å²) in [6.45, 7) is 3.40. The number of amides is 1. The van der Waals surface area contributed by atoms with Crippen LogP contribution in [0.15, 0.2) is 47.4 Å². The highest BCUT2D eigenvalue weighted by Gasteiger charge is 2.33. The standard InChI is InChI=1S/C19H19ClN2O5S/c1-3-27-19(24)13-8-14(20)10-15(9-13)28(25,26)22-11-12(2)18(23)21-16-6-4-5-7-17(16)22/h4-10,12H,3,11H2,1-2H3,(H,21,23). The number of rotatable bonds is 4. The van der Waals surface area contributed by atoms with Crippen molar-refractivity contribution in [2.45, 2.75) is 18.7 Å². The SMILES string of the molecule is CCOC(=O)c1cc(Cl)cc(S(=O)(=O)N2CC(C)C(=O)Nc3ccccc32)c1. The first-order valence-electron chi connectivity index (χ1n) is 8.64. The van der Waals surface area contributed by atoms with Crippen LogP contribution in [0, 0.1) is 5.92 Å². The van der Waals surface area contributed by atoms with E-state index >= 15 is 0 Å². The van der Waals surface area contributed by atoms with E-state index in [0.29, 0.717) is 11.4 Å². The summed E-state index contributed by atoms with van der Waals surface area (Å²) in [5.74, 6) is -1.52. The largest absolute Gasteiger partial charge is 0.462 e. The average molecular weight is 423 g/mol. The Morgan fingerprint density at radius 3 is 2.71 bits per heavy atom. The Morgan fingerprint density at radius 2 is 2.00 bits per heavy atom. The lowest BCUT2D eigenvalue weighted by atomic mass is 10.2. The molecule has 0 fully saturated rings. The van der Waals surface area contributed by atoms with E-state index in [2.05, 4.69) is 5.32 Å². The molecule has 0 aliphatic carbocycles. The number of fused-ring (bicyclic) bond motifs is 1. The van der Waals surface area contributed by atoms with Crippen molar-refractivity contribution in [2.24, 2.45) is 5.92 Å². The monoisotopic (exact) mass is 422 g/mol. The van der Waals surface area contributed by atoms with Gasteiger partial charge in [-0.15, -0.1) is 0 Å². The molecule has 0 saturated heterocycles. The van der Waals surface area contributed by atoms with Gasteiger partial charge in [-0.25, -0.2) is 13.2 Å². The number of anilines is 2. The molecule has 2 aromatic carbocycles. The van der Waals surface area contributed by atoms with Gasteiger partial charge < -0.3 is 10.1 Å². The van der Waals surface area contributed by atoms with Crippen molar-refractivity contribution in [1.82, 2.24) is 0 Å². The van der Waals surface area contributed by atoms with Crippen LogP contribution in [0.3, 0.4) is 0 Å². The van der Waals surface area contributed by atoms with Gasteiger partial charge in [0.2, 0.25) is 5.91 Å². The molecule has 1 amide bonds. The molecule has 0 radical (unpaired) electrons. The molecular weight excluding hydrogens is 404 g/mol. The minimum Gasteiger partial charge on any atom is -0.462 e. The number of carbonyl (C=O) groups is 2. The predicted molar refractivity (Wildman–Crippen MR) is 106 cm³/mol. The molecular formula is C19H19ClN2O5S. The molecule has 1 heterocycles. The van der Waals surface area contributed by atoms with Gasteiger partial charge >= 0.3 is 5.97 Å². The minimum absolute atomic E-state index is 0.0401. The van der Waals surface area contributed by atoms with Crippen molar-refractivity contribution in [1.29, 1.82) is 0 Å². The maximum atomic E-state index is 13.4. The highest BCUT2D eigenvalue weighted by molar-refractivity contribution is 7.92. The Balaban J connectivity index is 2.12. The molecule has 9 heteroatoms. The number of nitrogens with one attached hydrogen (secondary N) is 1. The Morgan fingerprint density at radius 1 is 1.29 bits per heavy atom. The van der Waals surface area contributed by atoms with E-state index in [1.807, 2.05) is 0 Å². The first-order chi connectivity index (χ1) is 13.2. The molecule has 0 spiro atoms. The third-order valence-electron chi connectivity index (χ3n) is 4.29. The molecule has 0 bridgehead atoms. The second-order valence-electron chi connectivity index (χ2n) is 6.34. The molecule has 0 saturated carbocycles. The maximum absolute atomic E-state index is 13.4. The van der Waals surface area contributed by atoms with E-state index in [1.165, 1.54) is 18.2 Å². The molecule has 3 rings (SSSR count). The van der Waals surface area contributed by atoms with Crippen LogP contribution < -0.4 is 9.62 Å². The summed E-state index contributed by atoms with van der Waals surface area (Å²) in [6.07, 6.45) is 0. The summed E-state index contributed by atoms with van der Waals surface area (Å²) in [4.78, 5) is 24.1. The Labute approximate surface area is 168 Å². The van der Waals surface area contributed by atoms with Gasteiger partial charge in [0.1, 0.15) is 0 Å². The van der Waals surface area contributed by atoms with Crippen molar-refractivity contribution in [3.05, 3.63) is 53.1 Å². The lowest BCUT2D eigenvalue weighted by Crippen LogP contribution is -2.36. The molecule has 2 aromatic rings. The van der Waals surface area contributed by atoms with E-state index < -0.39 is 21.9 Å². The molecule has 1 N–H and O–H groups in total. The van der Waals surface area contributed by atoms with E-state index in [1.54, 1.807) is 38.1 Å². The molecule has 0 aromatic heterocycles. The zero-order chi connectivity index (χ0) is 20.5. The lowest BCUT2D eigenvalue weighted by molar-refractivity contribution is -0.119. The van der Waals surface area contributed by atoms with Crippen LogP contribution in [-0.2, 0) is 19.6 Å². The van der Waals surface area contributed by atoms with Crippen LogP contribution in [0.25, 0.3) is 0 Å². The molecule has 1 aliphatic heterocycles. The van der Waals surface area contributed by atoms with Crippen molar-refractivity contribution in [3.63, 3.8) is 0 Å². The number of esters is 1. The van der Waals surface area contributed by atoms with Gasteiger partial charge in [0, 0.05) is 11.6 Å². The number of para-hydroxylation sites is 2. The third-order valence-corrected chi connectivity index (χ3v) is 6.26. The highest BCUT2D eigenvalue weighted by Crippen LogP contribution is 2.35. The van der Waals surface area contributed by atoms with Crippen molar-refractivity contribution in [3.8, 4) is 0 Å². The zero-order valence-electron chi connectivity index (χ0n) is 15.3. The number of halogens is 1. The van der Waals surface area contributed by atoms with Gasteiger partial charge in [0.05, 0.1) is 34.4 Å². The molecule has 28 heavy (non-hydrogen) atoms. The topological polar surface area (TPSA) is 92.8 Å². The Kier molecular flexibility index (Phi) is 5.62. The molecule has 148 valence electrons. The summed E-state index contributed by atoms with van der Waals surface area (Å²) in [5, 5.41) is 2.83. The molecule has 7 nitrogen and oxygen atoms in total. The van der Waals surface area contributed by atoms with Crippen LogP contribution in [0.4, 0.5) is 11.4 Å². The number of sulfonamides is 1. The third kappa shape index (κ3) is 3.83. The van der Waals surface area contributed by atoms with Crippen molar-refractivity contribution >= 4 is 44.9 Å². The number of carbonyl (C=O) groups excluding carboxylic acids is 2. The smallest absolute Gasteiger partial charge is 0.338 e. The average Bonchev–Trinajstić information content (AvgIpc) is 2.78. The van der Waals surface area contributed by atoms with Gasteiger partial charge in [-0.1, -0.05) is 30.7 Å². The normalized spacial score (nSPS) is 16.8. The number of nitrogens with zero attached hydrogens (tertiary/aromatic N) is 1. The quantitative estimate of drug-likeness (QED) is 0.763. The fourth-order valence-corrected chi connectivity index (χ4v) is 4.83. The van der Waals surface area contributed by atoms with Crippen molar-refractivity contribution < 1.29 is 22.7 Å². The summed E-state index contributed by atoms with van der Waals surface area (Å²) < 4.78 is 32.9. The fourth-order valence-electron chi connectivity index (χ4n) is 2.88. The van der Waals surface area contributed by atoms with Gasteiger partial charge in [0.15, 0.2) is 0 Å². The summed E-state index contributed by atoms with van der Waals surface area (Å²) in [6, 6.07) is 10.5. The van der Waals surface area contributed by atoms with Crippen LogP contribution in [0.1, 0.15) is 24.2 Å². The second kappa shape index (κ2) is 7.81. The van der Waals surface area contributed by atoms with Gasteiger partial charge in [-0.3, -0.25) is 9.10 Å². The number of ether oxygens (including phenoxy) is 1. The fraction of sp³-hybridized carbons (Fsp3) is 0.263. The van der Waals surface area contributed by atoms with E-state index in [0.717, 1.165) is 4.31 Å². The van der Waals surface area contributed by atoms with Crippen LogP contribution >= 0.6 is 11.6 Å². The number of benzene rings is 2. The Bertz CT molecular complexity index is 1040.